The Morgan fingerprint density at radius 3 is 2.33 bits per heavy atom. The smallest absolute Gasteiger partial charge is 0.259 e. The predicted octanol–water partition coefficient (Wildman–Crippen LogP) is 3.97. The molecule has 5 heteroatoms. The van der Waals surface area contributed by atoms with Crippen LogP contribution in [0.3, 0.4) is 0 Å². The number of fused-ring (bicyclic) bond motifs is 1. The van der Waals surface area contributed by atoms with Crippen LogP contribution in [-0.4, -0.2) is 15.2 Å². The lowest BCUT2D eigenvalue weighted by Gasteiger charge is -2.16. The van der Waals surface area contributed by atoms with Crippen molar-refractivity contribution in [2.24, 2.45) is 0 Å². The molecule has 0 aliphatic heterocycles. The maximum Gasteiger partial charge on any atom is 0.259 e. The van der Waals surface area contributed by atoms with Gasteiger partial charge in [-0.1, -0.05) is 64.4 Å². The van der Waals surface area contributed by atoms with E-state index in [1.807, 2.05) is 55.5 Å². The number of benzene rings is 2. The number of halogens is 1. The summed E-state index contributed by atoms with van der Waals surface area (Å²) in [7, 11) is 0. The highest BCUT2D eigenvalue weighted by Gasteiger charge is 2.41. The lowest BCUT2D eigenvalue weighted by atomic mass is 9.99. The Hall–Kier alpha value is -1.98. The number of hydrogen-bond donors (Lipinski definition) is 1. The first-order valence-corrected chi connectivity index (χ1v) is 8.73. The molecule has 24 heavy (non-hydrogen) atoms. The molecular weight excluding hydrogens is 368 g/mol. The van der Waals surface area contributed by atoms with Crippen molar-refractivity contribution in [2.75, 3.05) is 0 Å². The van der Waals surface area contributed by atoms with Gasteiger partial charge in [0.1, 0.15) is 0 Å². The van der Waals surface area contributed by atoms with Crippen LogP contribution in [0.1, 0.15) is 41.2 Å². The van der Waals surface area contributed by atoms with E-state index >= 15 is 0 Å². The zero-order valence-electron chi connectivity index (χ0n) is 13.2. The summed E-state index contributed by atoms with van der Waals surface area (Å²) in [5.74, 6) is 0.900. The molecule has 4 nitrogen and oxygen atoms in total. The molecule has 1 N–H and O–H groups in total. The zero-order valence-corrected chi connectivity index (χ0v) is 14.8. The van der Waals surface area contributed by atoms with E-state index in [9.17, 15) is 5.11 Å². The molecule has 1 heterocycles. The highest BCUT2D eigenvalue weighted by molar-refractivity contribution is 9.10. The quantitative estimate of drug-likeness (QED) is 0.741. The molecule has 0 fully saturated rings. The first kappa shape index (κ1) is 15.5. The summed E-state index contributed by atoms with van der Waals surface area (Å²) in [6.45, 7) is 2.03. The molecule has 1 aliphatic carbocycles. The lowest BCUT2D eigenvalue weighted by Crippen LogP contribution is -2.26. The lowest BCUT2D eigenvalue weighted by molar-refractivity contribution is 0.0145. The van der Waals surface area contributed by atoms with Gasteiger partial charge in [-0.2, -0.15) is 4.98 Å². The fraction of sp³-hybridized carbons (Fsp3) is 0.263. The normalized spacial score (nSPS) is 16.8. The second-order valence-electron chi connectivity index (χ2n) is 6.38. The molecule has 0 saturated heterocycles. The van der Waals surface area contributed by atoms with Crippen molar-refractivity contribution in [3.8, 4) is 0 Å². The van der Waals surface area contributed by atoms with Gasteiger partial charge in [-0.3, -0.25) is 0 Å². The van der Waals surface area contributed by atoms with Gasteiger partial charge in [0, 0.05) is 23.2 Å². The Morgan fingerprint density at radius 2 is 1.71 bits per heavy atom. The number of hydrogen-bond acceptors (Lipinski definition) is 4. The van der Waals surface area contributed by atoms with Gasteiger partial charge in [0.05, 0.1) is 0 Å². The van der Waals surface area contributed by atoms with Crippen LogP contribution in [0.4, 0.5) is 0 Å². The van der Waals surface area contributed by atoms with Crippen molar-refractivity contribution in [1.82, 2.24) is 10.1 Å². The standard InChI is InChI=1S/C19H17BrN2O2/c1-12(13-6-8-16(20)9-7-13)17-21-18(24-22-17)19(23)10-14-4-2-3-5-15(14)11-19/h2-9,12,23H,10-11H2,1H3. The molecule has 2 aromatic carbocycles. The molecule has 0 spiro atoms. The Bertz CT molecular complexity index is 848. The summed E-state index contributed by atoms with van der Waals surface area (Å²) in [6.07, 6.45) is 1.02. The van der Waals surface area contributed by atoms with Gasteiger partial charge in [0.15, 0.2) is 11.4 Å². The minimum absolute atomic E-state index is 0.00276. The number of nitrogens with zero attached hydrogens (tertiary/aromatic N) is 2. The van der Waals surface area contributed by atoms with Crippen LogP contribution in [-0.2, 0) is 18.4 Å². The largest absolute Gasteiger partial charge is 0.379 e. The molecule has 1 aliphatic rings. The maximum atomic E-state index is 11.0. The van der Waals surface area contributed by atoms with Crippen LogP contribution < -0.4 is 0 Å². The minimum atomic E-state index is -1.10. The van der Waals surface area contributed by atoms with Crippen molar-refractivity contribution in [1.29, 1.82) is 0 Å². The molecular formula is C19H17BrN2O2. The van der Waals surface area contributed by atoms with Crippen molar-refractivity contribution >= 4 is 15.9 Å². The molecule has 0 saturated carbocycles. The molecule has 0 radical (unpaired) electrons. The second kappa shape index (κ2) is 5.83. The van der Waals surface area contributed by atoms with Crippen molar-refractivity contribution in [3.63, 3.8) is 0 Å². The molecule has 0 bridgehead atoms. The summed E-state index contributed by atoms with van der Waals surface area (Å²) in [4.78, 5) is 4.51. The fourth-order valence-corrected chi connectivity index (χ4v) is 3.51. The Kier molecular flexibility index (Phi) is 3.77. The molecule has 4 rings (SSSR count). The van der Waals surface area contributed by atoms with Gasteiger partial charge in [0.2, 0.25) is 0 Å². The van der Waals surface area contributed by atoms with E-state index in [-0.39, 0.29) is 5.92 Å². The van der Waals surface area contributed by atoms with Crippen LogP contribution in [0.15, 0.2) is 57.5 Å². The van der Waals surface area contributed by atoms with Gasteiger partial charge in [0.25, 0.3) is 5.89 Å². The summed E-state index contributed by atoms with van der Waals surface area (Å²) in [6, 6.07) is 16.1. The van der Waals surface area contributed by atoms with E-state index in [4.69, 9.17) is 4.52 Å². The predicted molar refractivity (Wildman–Crippen MR) is 93.7 cm³/mol. The Balaban J connectivity index is 1.60. The van der Waals surface area contributed by atoms with Gasteiger partial charge in [-0.25, -0.2) is 0 Å². The molecule has 1 aromatic heterocycles. The van der Waals surface area contributed by atoms with E-state index in [0.29, 0.717) is 24.6 Å². The number of aliphatic hydroxyl groups is 1. The average molecular weight is 385 g/mol. The third-order valence-corrected chi connectivity index (χ3v) is 5.21. The van der Waals surface area contributed by atoms with Gasteiger partial charge < -0.3 is 9.63 Å². The van der Waals surface area contributed by atoms with E-state index in [2.05, 4.69) is 26.1 Å². The number of rotatable bonds is 3. The first-order chi connectivity index (χ1) is 11.5. The third kappa shape index (κ3) is 2.68. The third-order valence-electron chi connectivity index (χ3n) is 4.68. The average Bonchev–Trinajstić information content (AvgIpc) is 3.19. The van der Waals surface area contributed by atoms with Crippen LogP contribution in [0.5, 0.6) is 0 Å². The van der Waals surface area contributed by atoms with Crippen LogP contribution in [0, 0.1) is 0 Å². The monoisotopic (exact) mass is 384 g/mol. The van der Waals surface area contributed by atoms with Gasteiger partial charge in [-0.05, 0) is 28.8 Å². The first-order valence-electron chi connectivity index (χ1n) is 7.94. The van der Waals surface area contributed by atoms with E-state index in [1.165, 1.54) is 0 Å². The molecule has 1 unspecified atom stereocenters. The summed E-state index contributed by atoms with van der Waals surface area (Å²) in [5, 5.41) is 15.1. The topological polar surface area (TPSA) is 59.2 Å². The van der Waals surface area contributed by atoms with Gasteiger partial charge in [-0.15, -0.1) is 0 Å². The van der Waals surface area contributed by atoms with Crippen molar-refractivity contribution in [3.05, 3.63) is 81.4 Å². The summed E-state index contributed by atoms with van der Waals surface area (Å²) >= 11 is 3.44. The highest BCUT2D eigenvalue weighted by Crippen LogP contribution is 2.37. The maximum absolute atomic E-state index is 11.0. The SMILES string of the molecule is CC(c1ccc(Br)cc1)c1noc(C2(O)Cc3ccccc3C2)n1. The van der Waals surface area contributed by atoms with Gasteiger partial charge >= 0.3 is 0 Å². The van der Waals surface area contributed by atoms with E-state index in [1.54, 1.807) is 0 Å². The zero-order chi connectivity index (χ0) is 16.7. The van der Waals surface area contributed by atoms with Crippen molar-refractivity contribution < 1.29 is 9.63 Å². The Labute approximate surface area is 148 Å². The highest BCUT2D eigenvalue weighted by atomic mass is 79.9. The molecule has 3 aromatic rings. The second-order valence-corrected chi connectivity index (χ2v) is 7.30. The van der Waals surface area contributed by atoms with E-state index < -0.39 is 5.60 Å². The molecule has 122 valence electrons. The number of aromatic nitrogens is 2. The van der Waals surface area contributed by atoms with E-state index in [0.717, 1.165) is 21.2 Å². The minimum Gasteiger partial charge on any atom is -0.379 e. The molecule has 0 amide bonds. The van der Waals surface area contributed by atoms with Crippen LogP contribution >= 0.6 is 15.9 Å². The van der Waals surface area contributed by atoms with Crippen LogP contribution in [0.2, 0.25) is 0 Å². The molecule has 1 atom stereocenters. The fourth-order valence-electron chi connectivity index (χ4n) is 3.25. The summed E-state index contributed by atoms with van der Waals surface area (Å²) in [5.41, 5.74) is 2.28. The van der Waals surface area contributed by atoms with Crippen LogP contribution in [0.25, 0.3) is 0 Å². The van der Waals surface area contributed by atoms with Crippen molar-refractivity contribution in [2.45, 2.75) is 31.3 Å². The summed E-state index contributed by atoms with van der Waals surface area (Å²) < 4.78 is 6.46. The Morgan fingerprint density at radius 1 is 1.08 bits per heavy atom.